The molecule has 0 aliphatic carbocycles. The fraction of sp³-hybridized carbons (Fsp3) is 0.227. The summed E-state index contributed by atoms with van der Waals surface area (Å²) in [5.74, 6) is -0.710. The number of hydrogen-bond donors (Lipinski definition) is 1. The number of para-hydroxylation sites is 1. The molecular weight excluding hydrogens is 434 g/mol. The maximum absolute atomic E-state index is 13.3. The van der Waals surface area contributed by atoms with Gasteiger partial charge in [-0.25, -0.2) is 13.2 Å². The fourth-order valence-corrected chi connectivity index (χ4v) is 4.76. The standard InChI is InChI=1S/C22H23N3O6S/c1-4-25(18-8-6-5-7-9-18)32(28,29)19-13-17(11-10-15(19)2)22(27)30-14-21(26)23-20-12-16(3)31-24-20/h5-13H,4,14H2,1-3H3,(H,23,24,26). The van der Waals surface area contributed by atoms with Crippen LogP contribution >= 0.6 is 0 Å². The Kier molecular flexibility index (Phi) is 6.94. The minimum atomic E-state index is -3.93. The van der Waals surface area contributed by atoms with Crippen LogP contribution < -0.4 is 9.62 Å². The Morgan fingerprint density at radius 3 is 2.44 bits per heavy atom. The average Bonchev–Trinajstić information content (AvgIpc) is 3.17. The van der Waals surface area contributed by atoms with E-state index in [0.717, 1.165) is 0 Å². The number of hydrogen-bond acceptors (Lipinski definition) is 7. The number of aromatic nitrogens is 1. The fourth-order valence-electron chi connectivity index (χ4n) is 3.03. The Balaban J connectivity index is 1.77. The molecule has 0 saturated carbocycles. The summed E-state index contributed by atoms with van der Waals surface area (Å²) in [5.41, 5.74) is 1.01. The summed E-state index contributed by atoms with van der Waals surface area (Å²) in [6.45, 7) is 4.69. The Morgan fingerprint density at radius 2 is 1.81 bits per heavy atom. The highest BCUT2D eigenvalue weighted by Gasteiger charge is 2.26. The molecular formula is C22H23N3O6S. The molecule has 0 atom stereocenters. The summed E-state index contributed by atoms with van der Waals surface area (Å²) in [6, 6.07) is 14.5. The second kappa shape index (κ2) is 9.65. The summed E-state index contributed by atoms with van der Waals surface area (Å²) < 4.78 is 37.8. The third kappa shape index (κ3) is 5.14. The summed E-state index contributed by atoms with van der Waals surface area (Å²) in [6.07, 6.45) is 0. The smallest absolute Gasteiger partial charge is 0.338 e. The maximum Gasteiger partial charge on any atom is 0.338 e. The van der Waals surface area contributed by atoms with Gasteiger partial charge < -0.3 is 14.6 Å². The molecule has 0 bridgehead atoms. The lowest BCUT2D eigenvalue weighted by molar-refractivity contribution is -0.119. The van der Waals surface area contributed by atoms with Crippen LogP contribution in [0.15, 0.2) is 64.0 Å². The average molecular weight is 458 g/mol. The van der Waals surface area contributed by atoms with Crippen LogP contribution in [-0.2, 0) is 19.6 Å². The molecule has 0 spiro atoms. The Hall–Kier alpha value is -3.66. The van der Waals surface area contributed by atoms with Crippen LogP contribution in [0.1, 0.15) is 28.6 Å². The van der Waals surface area contributed by atoms with Gasteiger partial charge in [-0.2, -0.15) is 0 Å². The number of ether oxygens (including phenoxy) is 1. The number of nitrogens with zero attached hydrogens (tertiary/aromatic N) is 2. The first-order valence-electron chi connectivity index (χ1n) is 9.81. The molecule has 0 aliphatic heterocycles. The number of anilines is 2. The minimum absolute atomic E-state index is 0.0137. The zero-order valence-electron chi connectivity index (χ0n) is 17.9. The van der Waals surface area contributed by atoms with E-state index in [-0.39, 0.29) is 22.8 Å². The molecule has 0 saturated heterocycles. The lowest BCUT2D eigenvalue weighted by atomic mass is 10.1. The van der Waals surface area contributed by atoms with Crippen molar-refractivity contribution in [3.05, 3.63) is 71.5 Å². The summed E-state index contributed by atoms with van der Waals surface area (Å²) in [4.78, 5) is 24.4. The van der Waals surface area contributed by atoms with Gasteiger partial charge in [-0.3, -0.25) is 9.10 Å². The number of esters is 1. The second-order valence-electron chi connectivity index (χ2n) is 6.93. The van der Waals surface area contributed by atoms with Crippen LogP contribution in [-0.4, -0.2) is 38.6 Å². The highest BCUT2D eigenvalue weighted by atomic mass is 32.2. The summed E-state index contributed by atoms with van der Waals surface area (Å²) in [7, 11) is -3.93. The predicted octanol–water partition coefficient (Wildman–Crippen LogP) is 3.30. The number of sulfonamides is 1. The zero-order chi connectivity index (χ0) is 23.3. The van der Waals surface area contributed by atoms with Crippen LogP contribution in [0.5, 0.6) is 0 Å². The van der Waals surface area contributed by atoms with Crippen LogP contribution in [0.2, 0.25) is 0 Å². The van der Waals surface area contributed by atoms with Crippen LogP contribution in [0, 0.1) is 13.8 Å². The van der Waals surface area contributed by atoms with Gasteiger partial charge in [-0.1, -0.05) is 29.4 Å². The van der Waals surface area contributed by atoms with E-state index >= 15 is 0 Å². The van der Waals surface area contributed by atoms with Gasteiger partial charge in [0.25, 0.3) is 15.9 Å². The Morgan fingerprint density at radius 1 is 1.09 bits per heavy atom. The van der Waals surface area contributed by atoms with Crippen molar-refractivity contribution in [2.75, 3.05) is 22.8 Å². The van der Waals surface area contributed by atoms with Gasteiger partial charge >= 0.3 is 5.97 Å². The van der Waals surface area contributed by atoms with E-state index in [1.807, 2.05) is 0 Å². The van der Waals surface area contributed by atoms with Crippen molar-refractivity contribution in [3.8, 4) is 0 Å². The molecule has 3 aromatic rings. The topological polar surface area (TPSA) is 119 Å². The molecule has 1 N–H and O–H groups in total. The molecule has 1 aromatic heterocycles. The van der Waals surface area contributed by atoms with Crippen molar-refractivity contribution in [2.45, 2.75) is 25.7 Å². The van der Waals surface area contributed by atoms with Crippen molar-refractivity contribution in [2.24, 2.45) is 0 Å². The molecule has 3 rings (SSSR count). The number of carbonyl (C=O) groups excluding carboxylic acids is 2. The molecule has 0 aliphatic rings. The molecule has 1 amide bonds. The highest BCUT2D eigenvalue weighted by molar-refractivity contribution is 7.92. The molecule has 168 valence electrons. The van der Waals surface area contributed by atoms with E-state index in [4.69, 9.17) is 9.26 Å². The molecule has 9 nitrogen and oxygen atoms in total. The lowest BCUT2D eigenvalue weighted by Gasteiger charge is -2.24. The molecule has 0 radical (unpaired) electrons. The molecule has 10 heteroatoms. The number of aryl methyl sites for hydroxylation is 2. The Bertz CT molecular complexity index is 1220. The van der Waals surface area contributed by atoms with Gasteiger partial charge in [0.2, 0.25) is 0 Å². The third-order valence-electron chi connectivity index (χ3n) is 4.55. The monoisotopic (exact) mass is 457 g/mol. The first-order chi connectivity index (χ1) is 15.2. The van der Waals surface area contributed by atoms with Crippen molar-refractivity contribution in [1.82, 2.24) is 5.16 Å². The number of carbonyl (C=O) groups is 2. The SMILES string of the molecule is CCN(c1ccccc1)S(=O)(=O)c1cc(C(=O)OCC(=O)Nc2cc(C)on2)ccc1C. The van der Waals surface area contributed by atoms with Crippen molar-refractivity contribution in [1.29, 1.82) is 0 Å². The third-order valence-corrected chi connectivity index (χ3v) is 6.60. The normalized spacial score (nSPS) is 11.1. The molecule has 1 heterocycles. The number of benzene rings is 2. The number of rotatable bonds is 8. The number of nitrogens with one attached hydrogen (secondary N) is 1. The quantitative estimate of drug-likeness (QED) is 0.516. The Labute approximate surface area is 186 Å². The van der Waals surface area contributed by atoms with Gasteiger partial charge in [0.05, 0.1) is 16.1 Å². The van der Waals surface area contributed by atoms with Crippen LogP contribution in [0.25, 0.3) is 0 Å². The largest absolute Gasteiger partial charge is 0.452 e. The van der Waals surface area contributed by atoms with Crippen molar-refractivity contribution >= 4 is 33.4 Å². The molecule has 0 fully saturated rings. The van der Waals surface area contributed by atoms with Crippen LogP contribution in [0.4, 0.5) is 11.5 Å². The zero-order valence-corrected chi connectivity index (χ0v) is 18.7. The van der Waals surface area contributed by atoms with Gasteiger partial charge in [-0.15, -0.1) is 0 Å². The van der Waals surface area contributed by atoms with E-state index in [2.05, 4.69) is 10.5 Å². The van der Waals surface area contributed by atoms with E-state index < -0.39 is 28.5 Å². The van der Waals surface area contributed by atoms with Gasteiger partial charge in [-0.05, 0) is 50.6 Å². The molecule has 32 heavy (non-hydrogen) atoms. The van der Waals surface area contributed by atoms with E-state index in [9.17, 15) is 18.0 Å². The predicted molar refractivity (Wildman–Crippen MR) is 118 cm³/mol. The highest BCUT2D eigenvalue weighted by Crippen LogP contribution is 2.26. The van der Waals surface area contributed by atoms with E-state index in [0.29, 0.717) is 17.0 Å². The molecule has 0 unspecified atom stereocenters. The maximum atomic E-state index is 13.3. The number of amides is 1. The van der Waals surface area contributed by atoms with Gasteiger partial charge in [0, 0.05) is 12.6 Å². The first-order valence-corrected chi connectivity index (χ1v) is 11.2. The lowest BCUT2D eigenvalue weighted by Crippen LogP contribution is -2.31. The van der Waals surface area contributed by atoms with E-state index in [1.54, 1.807) is 51.1 Å². The van der Waals surface area contributed by atoms with Crippen LogP contribution in [0.3, 0.4) is 0 Å². The second-order valence-corrected chi connectivity index (χ2v) is 8.76. The van der Waals surface area contributed by atoms with Crippen molar-refractivity contribution < 1.29 is 27.3 Å². The minimum Gasteiger partial charge on any atom is -0.452 e. The molecule has 2 aromatic carbocycles. The van der Waals surface area contributed by atoms with E-state index in [1.165, 1.54) is 28.6 Å². The van der Waals surface area contributed by atoms with Crippen molar-refractivity contribution in [3.63, 3.8) is 0 Å². The van der Waals surface area contributed by atoms with Gasteiger partial charge in [0.1, 0.15) is 5.76 Å². The van der Waals surface area contributed by atoms with Gasteiger partial charge in [0.15, 0.2) is 12.4 Å². The summed E-state index contributed by atoms with van der Waals surface area (Å²) >= 11 is 0. The first kappa shape index (κ1) is 23.0. The summed E-state index contributed by atoms with van der Waals surface area (Å²) in [5, 5.41) is 6.05.